The van der Waals surface area contributed by atoms with Crippen LogP contribution in [0.15, 0.2) is 23.6 Å². The Bertz CT molecular complexity index is 551. The van der Waals surface area contributed by atoms with Crippen molar-refractivity contribution in [2.45, 2.75) is 31.6 Å². The van der Waals surface area contributed by atoms with Gasteiger partial charge in [-0.3, -0.25) is 9.48 Å². The third-order valence-electron chi connectivity index (χ3n) is 2.68. The lowest BCUT2D eigenvalue weighted by molar-refractivity contribution is -0.133. The van der Waals surface area contributed by atoms with E-state index in [2.05, 4.69) is 15.3 Å². The number of hydrogen-bond acceptors (Lipinski definition) is 5. The predicted molar refractivity (Wildman–Crippen MR) is 70.1 cm³/mol. The molecule has 2 aromatic heterocycles. The molecule has 0 aliphatic heterocycles. The van der Waals surface area contributed by atoms with Crippen molar-refractivity contribution < 1.29 is 9.90 Å². The molecule has 7 nitrogen and oxygen atoms in total. The molecule has 0 aliphatic rings. The molecule has 0 saturated carbocycles. The zero-order chi connectivity index (χ0) is 13.8. The van der Waals surface area contributed by atoms with E-state index >= 15 is 0 Å². The Labute approximate surface area is 114 Å². The quantitative estimate of drug-likeness (QED) is 0.803. The maximum absolute atomic E-state index is 10.6. The van der Waals surface area contributed by atoms with Gasteiger partial charge in [0, 0.05) is 18.9 Å². The van der Waals surface area contributed by atoms with Crippen LogP contribution in [0, 0.1) is 0 Å². The van der Waals surface area contributed by atoms with Gasteiger partial charge in [-0.1, -0.05) is 11.8 Å². The van der Waals surface area contributed by atoms with Crippen LogP contribution in [-0.4, -0.2) is 41.4 Å². The molecule has 2 rings (SSSR count). The Hall–Kier alpha value is -1.83. The summed E-state index contributed by atoms with van der Waals surface area (Å²) in [6.45, 7) is 4.65. The molecular weight excluding hydrogens is 266 g/mol. The SMILES string of the molecule is CCn1c(SCC(=O)O)nnc1C(C)n1cccn1. The predicted octanol–water partition coefficient (Wildman–Crippen LogP) is 1.28. The van der Waals surface area contributed by atoms with Gasteiger partial charge in [-0.15, -0.1) is 10.2 Å². The monoisotopic (exact) mass is 281 g/mol. The average Bonchev–Trinajstić information content (AvgIpc) is 3.04. The summed E-state index contributed by atoms with van der Waals surface area (Å²) >= 11 is 1.18. The molecule has 0 spiro atoms. The van der Waals surface area contributed by atoms with E-state index in [1.807, 2.05) is 30.7 Å². The lowest BCUT2D eigenvalue weighted by Crippen LogP contribution is -2.14. The van der Waals surface area contributed by atoms with Gasteiger partial charge >= 0.3 is 5.97 Å². The van der Waals surface area contributed by atoms with Gasteiger partial charge in [-0.25, -0.2) is 0 Å². The van der Waals surface area contributed by atoms with E-state index in [-0.39, 0.29) is 11.8 Å². The fourth-order valence-corrected chi connectivity index (χ4v) is 2.50. The Balaban J connectivity index is 2.24. The first-order valence-corrected chi connectivity index (χ1v) is 6.88. The molecule has 102 valence electrons. The van der Waals surface area contributed by atoms with Crippen LogP contribution in [0.25, 0.3) is 0 Å². The van der Waals surface area contributed by atoms with Crippen LogP contribution < -0.4 is 0 Å². The summed E-state index contributed by atoms with van der Waals surface area (Å²) in [5, 5.41) is 21.7. The van der Waals surface area contributed by atoms with Crippen molar-refractivity contribution in [2.24, 2.45) is 0 Å². The summed E-state index contributed by atoms with van der Waals surface area (Å²) in [5.74, 6) is -0.106. The fraction of sp³-hybridized carbons (Fsp3) is 0.455. The fourth-order valence-electron chi connectivity index (χ4n) is 1.77. The van der Waals surface area contributed by atoms with Gasteiger partial charge in [0.2, 0.25) is 0 Å². The molecular formula is C11H15N5O2S. The van der Waals surface area contributed by atoms with Crippen LogP contribution in [0.4, 0.5) is 0 Å². The number of carboxylic acids is 1. The summed E-state index contributed by atoms with van der Waals surface area (Å²) in [6, 6.07) is 1.81. The second-order valence-electron chi connectivity index (χ2n) is 3.93. The van der Waals surface area contributed by atoms with Gasteiger partial charge in [0.05, 0.1) is 5.75 Å². The first kappa shape index (κ1) is 13.6. The molecule has 2 aromatic rings. The van der Waals surface area contributed by atoms with Crippen molar-refractivity contribution in [1.82, 2.24) is 24.5 Å². The van der Waals surface area contributed by atoms with E-state index in [9.17, 15) is 4.79 Å². The Kier molecular flexibility index (Phi) is 4.20. The molecule has 19 heavy (non-hydrogen) atoms. The smallest absolute Gasteiger partial charge is 0.313 e. The molecule has 8 heteroatoms. The highest BCUT2D eigenvalue weighted by molar-refractivity contribution is 7.99. The second kappa shape index (κ2) is 5.87. The zero-order valence-electron chi connectivity index (χ0n) is 10.7. The van der Waals surface area contributed by atoms with Crippen LogP contribution >= 0.6 is 11.8 Å². The molecule has 1 unspecified atom stereocenters. The van der Waals surface area contributed by atoms with Gasteiger partial charge in [-0.05, 0) is 19.9 Å². The van der Waals surface area contributed by atoms with Crippen LogP contribution in [0.5, 0.6) is 0 Å². The molecule has 2 heterocycles. The third kappa shape index (κ3) is 2.95. The molecule has 0 amide bonds. The minimum Gasteiger partial charge on any atom is -0.481 e. The number of thioether (sulfide) groups is 1. The molecule has 0 fully saturated rings. The topological polar surface area (TPSA) is 85.8 Å². The van der Waals surface area contributed by atoms with E-state index < -0.39 is 5.97 Å². The number of nitrogens with zero attached hydrogens (tertiary/aromatic N) is 5. The van der Waals surface area contributed by atoms with Crippen molar-refractivity contribution in [1.29, 1.82) is 0 Å². The zero-order valence-corrected chi connectivity index (χ0v) is 11.5. The average molecular weight is 281 g/mol. The number of aliphatic carboxylic acids is 1. The maximum atomic E-state index is 10.6. The summed E-state index contributed by atoms with van der Waals surface area (Å²) in [6.07, 6.45) is 3.58. The number of carboxylic acid groups (broad SMARTS) is 1. The van der Waals surface area contributed by atoms with Gasteiger partial charge in [0.1, 0.15) is 6.04 Å². The van der Waals surface area contributed by atoms with E-state index in [1.54, 1.807) is 10.9 Å². The largest absolute Gasteiger partial charge is 0.481 e. The van der Waals surface area contributed by atoms with E-state index in [4.69, 9.17) is 5.11 Å². The van der Waals surface area contributed by atoms with E-state index in [0.717, 1.165) is 5.82 Å². The van der Waals surface area contributed by atoms with Crippen molar-refractivity contribution in [3.8, 4) is 0 Å². The van der Waals surface area contributed by atoms with Crippen LogP contribution in [-0.2, 0) is 11.3 Å². The summed E-state index contributed by atoms with van der Waals surface area (Å²) in [7, 11) is 0. The number of hydrogen-bond donors (Lipinski definition) is 1. The first-order chi connectivity index (χ1) is 9.13. The molecule has 0 radical (unpaired) electrons. The molecule has 0 saturated heterocycles. The van der Waals surface area contributed by atoms with Crippen LogP contribution in [0.1, 0.15) is 25.7 Å². The van der Waals surface area contributed by atoms with E-state index in [1.165, 1.54) is 11.8 Å². The number of rotatable bonds is 6. The summed E-state index contributed by atoms with van der Waals surface area (Å²) in [5.41, 5.74) is 0. The number of carbonyl (C=O) groups is 1. The highest BCUT2D eigenvalue weighted by Gasteiger charge is 2.19. The summed E-state index contributed by atoms with van der Waals surface area (Å²) < 4.78 is 3.71. The Morgan fingerprint density at radius 1 is 1.53 bits per heavy atom. The lowest BCUT2D eigenvalue weighted by Gasteiger charge is -2.13. The van der Waals surface area contributed by atoms with Crippen molar-refractivity contribution in [2.75, 3.05) is 5.75 Å². The van der Waals surface area contributed by atoms with Gasteiger partial charge in [0.15, 0.2) is 11.0 Å². The molecule has 1 N–H and O–H groups in total. The van der Waals surface area contributed by atoms with Crippen molar-refractivity contribution in [3.05, 3.63) is 24.3 Å². The molecule has 1 atom stereocenters. The lowest BCUT2D eigenvalue weighted by atomic mass is 10.3. The minimum atomic E-state index is -0.864. The Morgan fingerprint density at radius 3 is 2.89 bits per heavy atom. The molecule has 0 bridgehead atoms. The van der Waals surface area contributed by atoms with E-state index in [0.29, 0.717) is 11.7 Å². The number of aromatic nitrogens is 5. The molecule has 0 aliphatic carbocycles. The first-order valence-electron chi connectivity index (χ1n) is 5.90. The second-order valence-corrected chi connectivity index (χ2v) is 4.87. The summed E-state index contributed by atoms with van der Waals surface area (Å²) in [4.78, 5) is 10.6. The van der Waals surface area contributed by atoms with Crippen LogP contribution in [0.2, 0.25) is 0 Å². The minimum absolute atomic E-state index is 0.0196. The van der Waals surface area contributed by atoms with Gasteiger partial charge in [-0.2, -0.15) is 5.10 Å². The van der Waals surface area contributed by atoms with Crippen molar-refractivity contribution in [3.63, 3.8) is 0 Å². The van der Waals surface area contributed by atoms with Crippen LogP contribution in [0.3, 0.4) is 0 Å². The highest BCUT2D eigenvalue weighted by atomic mass is 32.2. The highest BCUT2D eigenvalue weighted by Crippen LogP contribution is 2.22. The maximum Gasteiger partial charge on any atom is 0.313 e. The normalized spacial score (nSPS) is 12.5. The third-order valence-corrected chi connectivity index (χ3v) is 3.63. The standard InChI is InChI=1S/C11H15N5O2S/c1-3-15-10(8(2)16-6-4-5-12-16)13-14-11(15)19-7-9(17)18/h4-6,8H,3,7H2,1-2H3,(H,17,18). The Morgan fingerprint density at radius 2 is 2.32 bits per heavy atom. The molecule has 0 aromatic carbocycles. The van der Waals surface area contributed by atoms with Gasteiger partial charge in [0.25, 0.3) is 0 Å². The van der Waals surface area contributed by atoms with Gasteiger partial charge < -0.3 is 9.67 Å². The van der Waals surface area contributed by atoms with Crippen molar-refractivity contribution >= 4 is 17.7 Å².